The molecule has 0 atom stereocenters. The van der Waals surface area contributed by atoms with E-state index in [2.05, 4.69) is 6.58 Å². The van der Waals surface area contributed by atoms with E-state index in [0.29, 0.717) is 0 Å². The lowest BCUT2D eigenvalue weighted by Gasteiger charge is -1.99. The fourth-order valence-corrected chi connectivity index (χ4v) is 0.873. The van der Waals surface area contributed by atoms with Crippen LogP contribution in [0.2, 0.25) is 0 Å². The molecular formula is C10H7FO3. The van der Waals surface area contributed by atoms with E-state index in [1.807, 2.05) is 0 Å². The molecule has 0 aromatic heterocycles. The monoisotopic (exact) mass is 194 g/mol. The summed E-state index contributed by atoms with van der Waals surface area (Å²) in [4.78, 5) is 21.7. The summed E-state index contributed by atoms with van der Waals surface area (Å²) in [5.41, 5.74) is -0.421. The molecule has 0 amide bonds. The summed E-state index contributed by atoms with van der Waals surface area (Å²) in [6.45, 7) is 3.11. The van der Waals surface area contributed by atoms with Crippen LogP contribution in [0.4, 0.5) is 4.39 Å². The van der Waals surface area contributed by atoms with Crippen molar-refractivity contribution in [1.29, 1.82) is 0 Å². The van der Waals surface area contributed by atoms with Crippen LogP contribution in [0.15, 0.2) is 36.4 Å². The van der Waals surface area contributed by atoms with Crippen molar-refractivity contribution in [2.45, 2.75) is 0 Å². The lowest BCUT2D eigenvalue weighted by Crippen LogP contribution is -2.11. The third-order valence-corrected chi connectivity index (χ3v) is 1.64. The zero-order chi connectivity index (χ0) is 10.7. The minimum Gasteiger partial charge on any atom is -0.478 e. The molecule has 0 radical (unpaired) electrons. The largest absolute Gasteiger partial charge is 0.478 e. The van der Waals surface area contributed by atoms with Crippen molar-refractivity contribution < 1.29 is 19.1 Å². The Labute approximate surface area is 79.5 Å². The second-order valence-corrected chi connectivity index (χ2v) is 2.62. The Morgan fingerprint density at radius 2 is 1.71 bits per heavy atom. The predicted molar refractivity (Wildman–Crippen MR) is 47.5 cm³/mol. The van der Waals surface area contributed by atoms with Gasteiger partial charge in [0.1, 0.15) is 11.4 Å². The highest BCUT2D eigenvalue weighted by Gasteiger charge is 2.15. The Hall–Kier alpha value is -1.97. The first-order valence-corrected chi connectivity index (χ1v) is 3.75. The normalized spacial score (nSPS) is 9.50. The van der Waals surface area contributed by atoms with E-state index in [1.165, 1.54) is 12.1 Å². The maximum absolute atomic E-state index is 12.5. The van der Waals surface area contributed by atoms with Crippen molar-refractivity contribution in [3.63, 3.8) is 0 Å². The average molecular weight is 194 g/mol. The lowest BCUT2D eigenvalue weighted by molar-refractivity contribution is -0.132. The van der Waals surface area contributed by atoms with Gasteiger partial charge in [0.25, 0.3) is 0 Å². The maximum atomic E-state index is 12.5. The minimum absolute atomic E-state index is 0.110. The minimum atomic E-state index is -1.38. The highest BCUT2D eigenvalue weighted by atomic mass is 19.1. The molecule has 0 spiro atoms. The number of rotatable bonds is 3. The van der Waals surface area contributed by atoms with Crippen molar-refractivity contribution in [3.05, 3.63) is 47.8 Å². The number of hydrogen-bond acceptors (Lipinski definition) is 2. The second-order valence-electron chi connectivity index (χ2n) is 2.62. The third-order valence-electron chi connectivity index (χ3n) is 1.64. The number of ketones is 1. The molecule has 1 N–H and O–H groups in total. The number of carboxylic acid groups (broad SMARTS) is 1. The molecule has 0 bridgehead atoms. The van der Waals surface area contributed by atoms with E-state index >= 15 is 0 Å². The van der Waals surface area contributed by atoms with Crippen molar-refractivity contribution in [2.24, 2.45) is 0 Å². The summed E-state index contributed by atoms with van der Waals surface area (Å²) in [6, 6.07) is 4.60. The smallest absolute Gasteiger partial charge is 0.339 e. The Balaban J connectivity index is 2.96. The van der Waals surface area contributed by atoms with Crippen LogP contribution >= 0.6 is 0 Å². The molecule has 1 aromatic rings. The van der Waals surface area contributed by atoms with Crippen molar-refractivity contribution in [2.75, 3.05) is 0 Å². The Kier molecular flexibility index (Phi) is 2.76. The van der Waals surface area contributed by atoms with E-state index < -0.39 is 23.1 Å². The van der Waals surface area contributed by atoms with Crippen LogP contribution in [0.25, 0.3) is 0 Å². The first-order valence-electron chi connectivity index (χ1n) is 3.75. The van der Waals surface area contributed by atoms with Gasteiger partial charge in [0, 0.05) is 5.56 Å². The van der Waals surface area contributed by atoms with Crippen molar-refractivity contribution in [1.82, 2.24) is 0 Å². The van der Waals surface area contributed by atoms with E-state index in [0.717, 1.165) is 12.1 Å². The summed E-state index contributed by atoms with van der Waals surface area (Å²) < 4.78 is 12.5. The van der Waals surface area contributed by atoms with Gasteiger partial charge in [-0.1, -0.05) is 6.58 Å². The number of aliphatic carboxylic acids is 1. The standard InChI is InChI=1S/C10H7FO3/c1-6(10(13)14)9(12)7-2-4-8(11)5-3-7/h2-5H,1H2,(H,13,14). The fraction of sp³-hybridized carbons (Fsp3) is 0. The first-order chi connectivity index (χ1) is 6.52. The van der Waals surface area contributed by atoms with Gasteiger partial charge >= 0.3 is 5.97 Å². The molecule has 1 aromatic carbocycles. The van der Waals surface area contributed by atoms with E-state index in [4.69, 9.17) is 5.11 Å². The van der Waals surface area contributed by atoms with Crippen molar-refractivity contribution in [3.8, 4) is 0 Å². The summed E-state index contributed by atoms with van der Waals surface area (Å²) in [5, 5.41) is 8.47. The summed E-state index contributed by atoms with van der Waals surface area (Å²) in [5.74, 6) is -2.57. The van der Waals surface area contributed by atoms with Gasteiger partial charge in [0.15, 0.2) is 5.78 Å². The number of carbonyl (C=O) groups is 2. The quantitative estimate of drug-likeness (QED) is 0.344. The summed E-state index contributed by atoms with van der Waals surface area (Å²) in [6.07, 6.45) is 0. The van der Waals surface area contributed by atoms with Crippen LogP contribution in [0.5, 0.6) is 0 Å². The van der Waals surface area contributed by atoms with Gasteiger partial charge in [-0.3, -0.25) is 4.79 Å². The van der Waals surface area contributed by atoms with Gasteiger partial charge in [0.05, 0.1) is 0 Å². The highest BCUT2D eigenvalue weighted by molar-refractivity contribution is 6.23. The molecule has 0 aliphatic rings. The lowest BCUT2D eigenvalue weighted by atomic mass is 10.1. The zero-order valence-corrected chi connectivity index (χ0v) is 7.16. The second kappa shape index (κ2) is 3.83. The molecule has 0 fully saturated rings. The van der Waals surface area contributed by atoms with E-state index in [-0.39, 0.29) is 5.56 Å². The highest BCUT2D eigenvalue weighted by Crippen LogP contribution is 2.08. The molecule has 3 nitrogen and oxygen atoms in total. The number of halogens is 1. The predicted octanol–water partition coefficient (Wildman–Crippen LogP) is 1.65. The summed E-state index contributed by atoms with van der Waals surface area (Å²) >= 11 is 0. The SMILES string of the molecule is C=C(C(=O)O)C(=O)c1ccc(F)cc1. The first kappa shape index (κ1) is 10.1. The molecule has 0 saturated carbocycles. The molecule has 14 heavy (non-hydrogen) atoms. The van der Waals surface area contributed by atoms with Gasteiger partial charge in [-0.2, -0.15) is 0 Å². The topological polar surface area (TPSA) is 54.4 Å². The molecule has 72 valence electrons. The van der Waals surface area contributed by atoms with Gasteiger partial charge in [-0.25, -0.2) is 9.18 Å². The van der Waals surface area contributed by atoms with Gasteiger partial charge in [-0.15, -0.1) is 0 Å². The van der Waals surface area contributed by atoms with Crippen LogP contribution in [0, 0.1) is 5.82 Å². The fourth-order valence-electron chi connectivity index (χ4n) is 0.873. The molecule has 0 unspecified atom stereocenters. The Bertz CT molecular complexity index is 392. The molecule has 0 aliphatic carbocycles. The van der Waals surface area contributed by atoms with E-state index in [1.54, 1.807) is 0 Å². The van der Waals surface area contributed by atoms with Gasteiger partial charge in [0.2, 0.25) is 0 Å². The molecule has 0 saturated heterocycles. The van der Waals surface area contributed by atoms with Gasteiger partial charge in [-0.05, 0) is 24.3 Å². The van der Waals surface area contributed by atoms with Crippen LogP contribution in [0.1, 0.15) is 10.4 Å². The van der Waals surface area contributed by atoms with E-state index in [9.17, 15) is 14.0 Å². The van der Waals surface area contributed by atoms with Crippen LogP contribution in [-0.2, 0) is 4.79 Å². The van der Waals surface area contributed by atoms with Crippen LogP contribution in [0.3, 0.4) is 0 Å². The summed E-state index contributed by atoms with van der Waals surface area (Å²) in [7, 11) is 0. The number of hydrogen-bond donors (Lipinski definition) is 1. The maximum Gasteiger partial charge on any atom is 0.339 e. The zero-order valence-electron chi connectivity index (χ0n) is 7.16. The number of carbonyl (C=O) groups excluding carboxylic acids is 1. The van der Waals surface area contributed by atoms with Crippen LogP contribution < -0.4 is 0 Å². The number of carboxylic acids is 1. The van der Waals surface area contributed by atoms with Gasteiger partial charge < -0.3 is 5.11 Å². The average Bonchev–Trinajstić information content (AvgIpc) is 2.16. The van der Waals surface area contributed by atoms with Crippen LogP contribution in [-0.4, -0.2) is 16.9 Å². The third kappa shape index (κ3) is 2.04. The molecule has 0 aliphatic heterocycles. The molecule has 4 heteroatoms. The number of Topliss-reactive ketones (excluding diaryl/α,β-unsaturated/α-hetero) is 1. The molecular weight excluding hydrogens is 187 g/mol. The Morgan fingerprint density at radius 1 is 1.21 bits per heavy atom. The Morgan fingerprint density at radius 3 is 2.14 bits per heavy atom. The number of benzene rings is 1. The molecule has 1 rings (SSSR count). The molecule has 0 heterocycles. The van der Waals surface area contributed by atoms with Crippen molar-refractivity contribution >= 4 is 11.8 Å².